The van der Waals surface area contributed by atoms with Gasteiger partial charge in [0.15, 0.2) is 0 Å². The number of rotatable bonds is 11. The van der Waals surface area contributed by atoms with Crippen molar-refractivity contribution in [2.24, 2.45) is 0 Å². The lowest BCUT2D eigenvalue weighted by Gasteiger charge is -2.32. The number of methoxy groups -OCH3 is 1. The highest BCUT2D eigenvalue weighted by Crippen LogP contribution is 2.27. The van der Waals surface area contributed by atoms with E-state index < -0.39 is 28.5 Å². The monoisotopic (exact) mass is 551 g/mol. The molecular weight excluding hydrogens is 514 g/mol. The summed E-state index contributed by atoms with van der Waals surface area (Å²) in [5.74, 6) is -0.265. The second-order valence-electron chi connectivity index (χ2n) is 9.81. The quantitative estimate of drug-likeness (QED) is 0.380. The van der Waals surface area contributed by atoms with Gasteiger partial charge in [0.1, 0.15) is 18.3 Å². The number of benzene rings is 3. The number of amides is 2. The molecule has 1 N–H and O–H groups in total. The molecule has 3 aromatic carbocycles. The van der Waals surface area contributed by atoms with Crippen LogP contribution in [0.1, 0.15) is 37.5 Å². The van der Waals surface area contributed by atoms with Crippen LogP contribution in [0.4, 0.5) is 5.69 Å². The fourth-order valence-corrected chi connectivity index (χ4v) is 5.49. The lowest BCUT2D eigenvalue weighted by Crippen LogP contribution is -2.52. The van der Waals surface area contributed by atoms with Crippen molar-refractivity contribution in [1.29, 1.82) is 0 Å². The Balaban J connectivity index is 2.04. The van der Waals surface area contributed by atoms with Crippen LogP contribution in [0, 0.1) is 13.8 Å². The lowest BCUT2D eigenvalue weighted by atomic mass is 10.1. The van der Waals surface area contributed by atoms with Gasteiger partial charge in [-0.1, -0.05) is 42.0 Å². The first-order valence-electron chi connectivity index (χ1n) is 12.8. The Morgan fingerprint density at radius 3 is 2.08 bits per heavy atom. The molecule has 0 spiro atoms. The normalized spacial score (nSPS) is 12.1. The van der Waals surface area contributed by atoms with Gasteiger partial charge in [0.05, 0.1) is 17.7 Å². The second kappa shape index (κ2) is 12.8. The van der Waals surface area contributed by atoms with Crippen molar-refractivity contribution in [3.8, 4) is 5.75 Å². The summed E-state index contributed by atoms with van der Waals surface area (Å²) in [6.07, 6.45) is 0. The first-order valence-corrected chi connectivity index (χ1v) is 14.3. The van der Waals surface area contributed by atoms with E-state index in [1.807, 2.05) is 52.0 Å². The van der Waals surface area contributed by atoms with Gasteiger partial charge in [-0.15, -0.1) is 0 Å². The van der Waals surface area contributed by atoms with Crippen molar-refractivity contribution < 1.29 is 22.7 Å². The van der Waals surface area contributed by atoms with E-state index in [1.54, 1.807) is 43.3 Å². The maximum Gasteiger partial charge on any atom is 0.264 e. The highest BCUT2D eigenvalue weighted by atomic mass is 32.2. The third-order valence-corrected chi connectivity index (χ3v) is 8.24. The molecule has 39 heavy (non-hydrogen) atoms. The van der Waals surface area contributed by atoms with Crippen molar-refractivity contribution in [1.82, 2.24) is 10.2 Å². The minimum atomic E-state index is -4.12. The number of hydrogen-bond acceptors (Lipinski definition) is 5. The fraction of sp³-hybridized carbons (Fsp3) is 0.333. The molecule has 0 fully saturated rings. The van der Waals surface area contributed by atoms with E-state index in [1.165, 1.54) is 24.1 Å². The Bertz CT molecular complexity index is 1390. The number of nitrogens with one attached hydrogen (secondary N) is 1. The van der Waals surface area contributed by atoms with Crippen molar-refractivity contribution in [2.75, 3.05) is 18.0 Å². The summed E-state index contributed by atoms with van der Waals surface area (Å²) in [7, 11) is -2.60. The molecule has 208 valence electrons. The lowest BCUT2D eigenvalue weighted by molar-refractivity contribution is -0.139. The zero-order chi connectivity index (χ0) is 28.7. The number of nitrogens with zero attached hydrogens (tertiary/aromatic N) is 2. The van der Waals surface area contributed by atoms with Gasteiger partial charge >= 0.3 is 0 Å². The summed E-state index contributed by atoms with van der Waals surface area (Å²) in [4.78, 5) is 28.4. The Morgan fingerprint density at radius 1 is 0.897 bits per heavy atom. The van der Waals surface area contributed by atoms with E-state index in [2.05, 4.69) is 5.32 Å². The molecule has 1 unspecified atom stereocenters. The van der Waals surface area contributed by atoms with Crippen LogP contribution in [-0.2, 0) is 26.2 Å². The van der Waals surface area contributed by atoms with Gasteiger partial charge in [0.2, 0.25) is 11.8 Å². The van der Waals surface area contributed by atoms with Gasteiger partial charge in [-0.3, -0.25) is 13.9 Å². The first-order chi connectivity index (χ1) is 18.4. The third kappa shape index (κ3) is 7.38. The van der Waals surface area contributed by atoms with Crippen LogP contribution < -0.4 is 14.4 Å². The van der Waals surface area contributed by atoms with E-state index in [9.17, 15) is 18.0 Å². The molecule has 0 heterocycles. The SMILES string of the molecule is COc1ccc(N(CC(=O)N(Cc2ccccc2C)C(C)C(=O)NC(C)C)S(=O)(=O)c2ccc(C)cc2)cc1. The summed E-state index contributed by atoms with van der Waals surface area (Å²) >= 11 is 0. The van der Waals surface area contributed by atoms with Crippen molar-refractivity contribution in [2.45, 2.75) is 58.1 Å². The number of ether oxygens (including phenoxy) is 1. The molecule has 3 rings (SSSR count). The summed E-state index contributed by atoms with van der Waals surface area (Å²) in [5.41, 5.74) is 3.05. The van der Waals surface area contributed by atoms with Crippen molar-refractivity contribution in [3.05, 3.63) is 89.5 Å². The molecule has 3 aromatic rings. The van der Waals surface area contributed by atoms with E-state index in [0.717, 1.165) is 21.0 Å². The van der Waals surface area contributed by atoms with Gasteiger partial charge in [-0.2, -0.15) is 0 Å². The van der Waals surface area contributed by atoms with E-state index in [4.69, 9.17) is 4.74 Å². The molecule has 0 aromatic heterocycles. The first kappa shape index (κ1) is 29.7. The molecule has 9 heteroatoms. The summed E-state index contributed by atoms with van der Waals surface area (Å²) in [6.45, 7) is 8.80. The zero-order valence-corrected chi connectivity index (χ0v) is 24.2. The van der Waals surface area contributed by atoms with E-state index >= 15 is 0 Å². The number of carbonyl (C=O) groups is 2. The number of anilines is 1. The predicted molar refractivity (Wildman–Crippen MR) is 153 cm³/mol. The summed E-state index contributed by atoms with van der Waals surface area (Å²) in [5, 5.41) is 2.86. The van der Waals surface area contributed by atoms with Gasteiger partial charge in [0.25, 0.3) is 10.0 Å². The predicted octanol–water partition coefficient (Wildman–Crippen LogP) is 4.45. The van der Waals surface area contributed by atoms with Gasteiger partial charge in [-0.05, 0) is 82.1 Å². The standard InChI is InChI=1S/C30H37N3O5S/c1-21(2)31-30(35)24(5)32(19-25-10-8-7-9-23(25)4)29(34)20-33(26-13-15-27(38-6)16-14-26)39(36,37)28-17-11-22(3)12-18-28/h7-18,21,24H,19-20H2,1-6H3,(H,31,35). The largest absolute Gasteiger partial charge is 0.497 e. The van der Waals surface area contributed by atoms with E-state index in [0.29, 0.717) is 11.4 Å². The number of sulfonamides is 1. The highest BCUT2D eigenvalue weighted by molar-refractivity contribution is 7.92. The van der Waals surface area contributed by atoms with Crippen molar-refractivity contribution in [3.63, 3.8) is 0 Å². The molecule has 0 saturated heterocycles. The molecule has 0 bridgehead atoms. The van der Waals surface area contributed by atoms with Crippen LogP contribution >= 0.6 is 0 Å². The maximum absolute atomic E-state index is 13.9. The molecule has 0 aliphatic rings. The maximum atomic E-state index is 13.9. The number of carbonyl (C=O) groups excluding carboxylic acids is 2. The van der Waals surface area contributed by atoms with Gasteiger partial charge in [0, 0.05) is 12.6 Å². The van der Waals surface area contributed by atoms with Crippen LogP contribution in [0.15, 0.2) is 77.7 Å². The molecule has 8 nitrogen and oxygen atoms in total. The number of hydrogen-bond donors (Lipinski definition) is 1. The zero-order valence-electron chi connectivity index (χ0n) is 23.3. The summed E-state index contributed by atoms with van der Waals surface area (Å²) < 4.78 is 34.0. The minimum Gasteiger partial charge on any atom is -0.497 e. The Labute approximate surface area is 231 Å². The molecule has 0 radical (unpaired) electrons. The van der Waals surface area contributed by atoms with Gasteiger partial charge in [-0.25, -0.2) is 8.42 Å². The van der Waals surface area contributed by atoms with E-state index in [-0.39, 0.29) is 23.4 Å². The smallest absolute Gasteiger partial charge is 0.264 e. The van der Waals surface area contributed by atoms with Crippen LogP contribution in [0.25, 0.3) is 0 Å². The van der Waals surface area contributed by atoms with Crippen LogP contribution in [-0.4, -0.2) is 50.9 Å². The average molecular weight is 552 g/mol. The fourth-order valence-electron chi connectivity index (χ4n) is 4.07. The molecule has 0 aliphatic heterocycles. The van der Waals surface area contributed by atoms with Crippen LogP contribution in [0.2, 0.25) is 0 Å². The topological polar surface area (TPSA) is 96.0 Å². The Morgan fingerprint density at radius 2 is 1.51 bits per heavy atom. The molecular formula is C30H37N3O5S. The molecule has 1 atom stereocenters. The summed E-state index contributed by atoms with van der Waals surface area (Å²) in [6, 6.07) is 19.6. The second-order valence-corrected chi connectivity index (χ2v) is 11.7. The average Bonchev–Trinajstić information content (AvgIpc) is 2.90. The van der Waals surface area contributed by atoms with Crippen LogP contribution in [0.5, 0.6) is 5.75 Å². The molecule has 2 amide bonds. The van der Waals surface area contributed by atoms with Gasteiger partial charge < -0.3 is 15.0 Å². The minimum absolute atomic E-state index is 0.0628. The highest BCUT2D eigenvalue weighted by Gasteiger charge is 2.32. The third-order valence-electron chi connectivity index (χ3n) is 6.45. The molecule has 0 aliphatic carbocycles. The Kier molecular flexibility index (Phi) is 9.75. The number of aryl methyl sites for hydroxylation is 2. The molecule has 0 saturated carbocycles. The Hall–Kier alpha value is -3.85. The van der Waals surface area contributed by atoms with Crippen molar-refractivity contribution >= 4 is 27.5 Å². The van der Waals surface area contributed by atoms with Crippen LogP contribution in [0.3, 0.4) is 0 Å².